The van der Waals surface area contributed by atoms with Gasteiger partial charge < -0.3 is 15.4 Å². The summed E-state index contributed by atoms with van der Waals surface area (Å²) in [6.07, 6.45) is 0.369. The zero-order chi connectivity index (χ0) is 18.7. The molecule has 0 saturated heterocycles. The molecule has 0 heterocycles. The molecule has 1 aromatic carbocycles. The zero-order valence-corrected chi connectivity index (χ0v) is 18.4. The summed E-state index contributed by atoms with van der Waals surface area (Å²) >= 11 is 0. The first kappa shape index (κ1) is 24.9. The average molecular weight is 502 g/mol. The van der Waals surface area contributed by atoms with Gasteiger partial charge in [0.2, 0.25) is 10.0 Å². The second-order valence-electron chi connectivity index (χ2n) is 5.39. The van der Waals surface area contributed by atoms with Gasteiger partial charge in [0.05, 0.1) is 12.3 Å². The Hall–Kier alpha value is -1.14. The standard InChI is InChI=1S/C16H27FN4O3S.HI/c1-4-25(22,23)21-11-7-10-19-16(18-3)20-12-13(2)24-15-9-6-5-8-14(15)17;/h5-6,8-9,13,21H,4,7,10-12H2,1-3H3,(H2,18,19,20);1H. The molecular weight excluding hydrogens is 474 g/mol. The minimum atomic E-state index is -3.15. The van der Waals surface area contributed by atoms with E-state index in [1.165, 1.54) is 6.07 Å². The minimum absolute atomic E-state index is 0. The van der Waals surface area contributed by atoms with Crippen LogP contribution in [0.5, 0.6) is 5.75 Å². The van der Waals surface area contributed by atoms with Crippen LogP contribution in [0.15, 0.2) is 29.3 Å². The molecular formula is C16H28FIN4O3S. The molecule has 7 nitrogen and oxygen atoms in total. The Morgan fingerprint density at radius 2 is 1.96 bits per heavy atom. The van der Waals surface area contributed by atoms with Crippen molar-refractivity contribution in [1.29, 1.82) is 0 Å². The van der Waals surface area contributed by atoms with Crippen LogP contribution in [0.25, 0.3) is 0 Å². The third-order valence-corrected chi connectivity index (χ3v) is 4.70. The number of hydrogen-bond donors (Lipinski definition) is 3. The van der Waals surface area contributed by atoms with Crippen molar-refractivity contribution in [1.82, 2.24) is 15.4 Å². The van der Waals surface area contributed by atoms with Crippen LogP contribution >= 0.6 is 24.0 Å². The molecule has 0 aliphatic heterocycles. The normalized spacial score (nSPS) is 12.8. The number of para-hydroxylation sites is 1. The second-order valence-corrected chi connectivity index (χ2v) is 7.49. The van der Waals surface area contributed by atoms with E-state index >= 15 is 0 Å². The SMILES string of the molecule is CCS(=O)(=O)NCCCNC(=NC)NCC(C)Oc1ccccc1F.I. The molecule has 3 N–H and O–H groups in total. The topological polar surface area (TPSA) is 91.8 Å². The molecule has 0 amide bonds. The zero-order valence-electron chi connectivity index (χ0n) is 15.3. The van der Waals surface area contributed by atoms with E-state index in [0.29, 0.717) is 32.0 Å². The van der Waals surface area contributed by atoms with Gasteiger partial charge in [0.25, 0.3) is 0 Å². The van der Waals surface area contributed by atoms with Crippen LogP contribution in [-0.4, -0.2) is 52.9 Å². The molecule has 0 aromatic heterocycles. The Balaban J connectivity index is 0.00000625. The van der Waals surface area contributed by atoms with Gasteiger partial charge in [0.1, 0.15) is 6.10 Å². The van der Waals surface area contributed by atoms with Gasteiger partial charge in [-0.25, -0.2) is 17.5 Å². The molecule has 150 valence electrons. The van der Waals surface area contributed by atoms with Crippen molar-refractivity contribution in [3.63, 3.8) is 0 Å². The summed E-state index contributed by atoms with van der Waals surface area (Å²) in [5, 5.41) is 6.16. The highest BCUT2D eigenvalue weighted by Gasteiger charge is 2.09. The summed E-state index contributed by atoms with van der Waals surface area (Å²) in [5.74, 6) is 0.459. The number of guanidine groups is 1. The molecule has 0 bridgehead atoms. The molecule has 1 atom stereocenters. The Labute approximate surface area is 172 Å². The Kier molecular flexibility index (Phi) is 12.5. The lowest BCUT2D eigenvalue weighted by molar-refractivity contribution is 0.214. The van der Waals surface area contributed by atoms with Gasteiger partial charge in [-0.1, -0.05) is 12.1 Å². The molecule has 0 aliphatic rings. The smallest absolute Gasteiger partial charge is 0.211 e. The number of rotatable bonds is 10. The molecule has 0 saturated carbocycles. The van der Waals surface area contributed by atoms with E-state index in [1.54, 1.807) is 32.2 Å². The second kappa shape index (κ2) is 13.1. The quantitative estimate of drug-likeness (QED) is 0.196. The van der Waals surface area contributed by atoms with E-state index in [-0.39, 0.29) is 41.6 Å². The molecule has 1 unspecified atom stereocenters. The lowest BCUT2D eigenvalue weighted by Gasteiger charge is -2.18. The highest BCUT2D eigenvalue weighted by molar-refractivity contribution is 14.0. The number of nitrogens with zero attached hydrogens (tertiary/aromatic N) is 1. The summed E-state index contributed by atoms with van der Waals surface area (Å²) in [5.41, 5.74) is 0. The number of aliphatic imine (C=N–C) groups is 1. The first-order chi connectivity index (χ1) is 11.9. The number of sulfonamides is 1. The third kappa shape index (κ3) is 10.1. The van der Waals surface area contributed by atoms with Gasteiger partial charge in [0.15, 0.2) is 17.5 Å². The first-order valence-electron chi connectivity index (χ1n) is 8.21. The summed E-state index contributed by atoms with van der Waals surface area (Å²) in [7, 11) is -1.51. The summed E-state index contributed by atoms with van der Waals surface area (Å²) in [6, 6.07) is 6.25. The largest absolute Gasteiger partial charge is 0.486 e. The van der Waals surface area contributed by atoms with Crippen LogP contribution in [0.4, 0.5) is 4.39 Å². The highest BCUT2D eigenvalue weighted by Crippen LogP contribution is 2.16. The van der Waals surface area contributed by atoms with Crippen LogP contribution < -0.4 is 20.1 Å². The molecule has 26 heavy (non-hydrogen) atoms. The summed E-state index contributed by atoms with van der Waals surface area (Å²) in [4.78, 5) is 4.07. The molecule has 1 aromatic rings. The molecule has 1 rings (SSSR count). The van der Waals surface area contributed by atoms with Crippen molar-refractivity contribution in [3.05, 3.63) is 30.1 Å². The maximum absolute atomic E-state index is 13.5. The number of benzene rings is 1. The summed E-state index contributed by atoms with van der Waals surface area (Å²) in [6.45, 7) is 4.79. The number of nitrogens with one attached hydrogen (secondary N) is 3. The lowest BCUT2D eigenvalue weighted by Crippen LogP contribution is -2.42. The van der Waals surface area contributed by atoms with Crippen LogP contribution in [0, 0.1) is 5.82 Å². The fourth-order valence-corrected chi connectivity index (χ4v) is 2.54. The van der Waals surface area contributed by atoms with Gasteiger partial charge >= 0.3 is 0 Å². The van der Waals surface area contributed by atoms with E-state index in [0.717, 1.165) is 0 Å². The summed E-state index contributed by atoms with van der Waals surface area (Å²) < 4.78 is 44.2. The monoisotopic (exact) mass is 502 g/mol. The molecule has 10 heteroatoms. The molecule has 0 radical (unpaired) electrons. The van der Waals surface area contributed by atoms with Crippen molar-refractivity contribution in [2.75, 3.05) is 32.4 Å². The Morgan fingerprint density at radius 1 is 1.27 bits per heavy atom. The van der Waals surface area contributed by atoms with E-state index in [2.05, 4.69) is 20.3 Å². The van der Waals surface area contributed by atoms with Crippen molar-refractivity contribution in [2.45, 2.75) is 26.4 Å². The maximum atomic E-state index is 13.5. The van der Waals surface area contributed by atoms with Crippen LogP contribution in [0.2, 0.25) is 0 Å². The highest BCUT2D eigenvalue weighted by atomic mass is 127. The number of ether oxygens (including phenoxy) is 1. The van der Waals surface area contributed by atoms with Crippen LogP contribution in [0.1, 0.15) is 20.3 Å². The minimum Gasteiger partial charge on any atom is -0.486 e. The van der Waals surface area contributed by atoms with E-state index in [9.17, 15) is 12.8 Å². The molecule has 0 fully saturated rings. The predicted octanol–water partition coefficient (Wildman–Crippen LogP) is 1.71. The van der Waals surface area contributed by atoms with Gasteiger partial charge in [0, 0.05) is 20.1 Å². The van der Waals surface area contributed by atoms with Crippen LogP contribution in [-0.2, 0) is 10.0 Å². The fraction of sp³-hybridized carbons (Fsp3) is 0.562. The Bertz CT molecular complexity index is 659. The van der Waals surface area contributed by atoms with Gasteiger partial charge in [-0.2, -0.15) is 0 Å². The number of hydrogen-bond acceptors (Lipinski definition) is 4. The average Bonchev–Trinajstić information content (AvgIpc) is 2.59. The van der Waals surface area contributed by atoms with Crippen molar-refractivity contribution in [3.8, 4) is 5.75 Å². The lowest BCUT2D eigenvalue weighted by atomic mass is 10.3. The third-order valence-electron chi connectivity index (χ3n) is 3.29. The van der Waals surface area contributed by atoms with Gasteiger partial charge in [-0.3, -0.25) is 4.99 Å². The molecule has 0 aliphatic carbocycles. The van der Waals surface area contributed by atoms with Crippen molar-refractivity contribution in [2.24, 2.45) is 4.99 Å². The first-order valence-corrected chi connectivity index (χ1v) is 9.86. The Morgan fingerprint density at radius 3 is 2.58 bits per heavy atom. The molecule has 0 spiro atoms. The van der Waals surface area contributed by atoms with Crippen molar-refractivity contribution >= 4 is 40.0 Å². The predicted molar refractivity (Wildman–Crippen MR) is 113 cm³/mol. The fourth-order valence-electron chi connectivity index (χ4n) is 1.88. The van der Waals surface area contributed by atoms with Crippen LogP contribution in [0.3, 0.4) is 0 Å². The maximum Gasteiger partial charge on any atom is 0.211 e. The van der Waals surface area contributed by atoms with E-state index in [1.807, 2.05) is 6.92 Å². The van der Waals surface area contributed by atoms with E-state index < -0.39 is 15.8 Å². The van der Waals surface area contributed by atoms with Crippen molar-refractivity contribution < 1.29 is 17.5 Å². The van der Waals surface area contributed by atoms with Gasteiger partial charge in [-0.15, -0.1) is 24.0 Å². The number of halogens is 2. The van der Waals surface area contributed by atoms with Gasteiger partial charge in [-0.05, 0) is 32.4 Å². The van der Waals surface area contributed by atoms with E-state index in [4.69, 9.17) is 4.74 Å².